The van der Waals surface area contributed by atoms with Crippen LogP contribution in [-0.2, 0) is 28.6 Å². The summed E-state index contributed by atoms with van der Waals surface area (Å²) in [6, 6.07) is 0. The predicted molar refractivity (Wildman–Crippen MR) is 293 cm³/mol. The first-order chi connectivity index (χ1) is 33.5. The fourth-order valence-electron chi connectivity index (χ4n) is 8.37. The lowest BCUT2D eigenvalue weighted by atomic mass is 10.0. The van der Waals surface area contributed by atoms with E-state index in [1.165, 1.54) is 173 Å². The van der Waals surface area contributed by atoms with Crippen LogP contribution in [0.1, 0.15) is 297 Å². The van der Waals surface area contributed by atoms with Crippen LogP contribution < -0.4 is 0 Å². The van der Waals surface area contributed by atoms with E-state index < -0.39 is 6.10 Å². The molecule has 0 aromatic rings. The van der Waals surface area contributed by atoms with Crippen molar-refractivity contribution in [3.63, 3.8) is 0 Å². The van der Waals surface area contributed by atoms with E-state index in [0.717, 1.165) is 77.0 Å². The van der Waals surface area contributed by atoms with Gasteiger partial charge in [-0.1, -0.05) is 255 Å². The van der Waals surface area contributed by atoms with Gasteiger partial charge in [0.05, 0.1) is 0 Å². The molecule has 68 heavy (non-hydrogen) atoms. The first-order valence-corrected chi connectivity index (χ1v) is 29.3. The summed E-state index contributed by atoms with van der Waals surface area (Å²) in [5.74, 6) is -0.922. The molecule has 6 nitrogen and oxygen atoms in total. The second-order valence-corrected chi connectivity index (χ2v) is 19.5. The SMILES string of the molecule is CC/C=C\C/C=C\C/C=C\C/C=C\CCCCC(=O)OC(COC(=O)CCCCCCCCCCCC)COC(=O)CCCCCCCCCCCCCCC/C=C\CCCCCCCCCC. The van der Waals surface area contributed by atoms with Gasteiger partial charge in [0.2, 0.25) is 0 Å². The number of ether oxygens (including phenoxy) is 3. The monoisotopic (exact) mass is 951 g/mol. The van der Waals surface area contributed by atoms with Gasteiger partial charge in [-0.05, 0) is 83.5 Å². The maximum atomic E-state index is 12.8. The molecular formula is C62H110O6. The second kappa shape index (κ2) is 56.7. The van der Waals surface area contributed by atoms with Gasteiger partial charge in [0.15, 0.2) is 6.10 Å². The van der Waals surface area contributed by atoms with Crippen molar-refractivity contribution in [1.29, 1.82) is 0 Å². The maximum Gasteiger partial charge on any atom is 0.306 e. The molecule has 0 N–H and O–H groups in total. The molecular weight excluding hydrogens is 841 g/mol. The largest absolute Gasteiger partial charge is 0.462 e. The number of hydrogen-bond acceptors (Lipinski definition) is 6. The molecule has 394 valence electrons. The van der Waals surface area contributed by atoms with E-state index in [-0.39, 0.29) is 37.5 Å². The van der Waals surface area contributed by atoms with Gasteiger partial charge in [0, 0.05) is 19.3 Å². The van der Waals surface area contributed by atoms with Gasteiger partial charge in [-0.2, -0.15) is 0 Å². The Kier molecular flexibility index (Phi) is 54.3. The number of carbonyl (C=O) groups is 3. The maximum absolute atomic E-state index is 12.8. The molecule has 0 aromatic carbocycles. The Hall–Kier alpha value is -2.89. The van der Waals surface area contributed by atoms with Crippen molar-refractivity contribution < 1.29 is 28.6 Å². The molecule has 0 saturated carbocycles. The number of unbranched alkanes of at least 4 members (excludes halogenated alkanes) is 32. The van der Waals surface area contributed by atoms with Crippen molar-refractivity contribution in [2.75, 3.05) is 13.2 Å². The van der Waals surface area contributed by atoms with Crippen LogP contribution >= 0.6 is 0 Å². The van der Waals surface area contributed by atoms with Crippen LogP contribution in [0, 0.1) is 0 Å². The lowest BCUT2D eigenvalue weighted by Crippen LogP contribution is -2.30. The van der Waals surface area contributed by atoms with Crippen molar-refractivity contribution in [2.24, 2.45) is 0 Å². The van der Waals surface area contributed by atoms with Crippen LogP contribution in [-0.4, -0.2) is 37.2 Å². The normalized spacial score (nSPS) is 12.5. The van der Waals surface area contributed by atoms with Gasteiger partial charge in [0.25, 0.3) is 0 Å². The molecule has 0 heterocycles. The summed E-state index contributed by atoms with van der Waals surface area (Å²) >= 11 is 0. The van der Waals surface area contributed by atoms with E-state index >= 15 is 0 Å². The number of carbonyl (C=O) groups excluding carboxylic acids is 3. The third kappa shape index (κ3) is 54.1. The molecule has 0 radical (unpaired) electrons. The summed E-state index contributed by atoms with van der Waals surface area (Å²) in [6.45, 7) is 6.50. The molecule has 0 amide bonds. The van der Waals surface area contributed by atoms with Gasteiger partial charge in [-0.3, -0.25) is 14.4 Å². The predicted octanol–water partition coefficient (Wildman–Crippen LogP) is 19.6. The minimum Gasteiger partial charge on any atom is -0.462 e. The zero-order chi connectivity index (χ0) is 49.3. The van der Waals surface area contributed by atoms with Crippen LogP contribution in [0.5, 0.6) is 0 Å². The number of allylic oxidation sites excluding steroid dienone is 10. The summed E-state index contributed by atoms with van der Waals surface area (Å²) < 4.78 is 16.8. The summed E-state index contributed by atoms with van der Waals surface area (Å²) in [5, 5.41) is 0. The van der Waals surface area contributed by atoms with Crippen molar-refractivity contribution in [1.82, 2.24) is 0 Å². The highest BCUT2D eigenvalue weighted by Gasteiger charge is 2.19. The zero-order valence-electron chi connectivity index (χ0n) is 45.1. The van der Waals surface area contributed by atoms with E-state index in [2.05, 4.69) is 81.5 Å². The van der Waals surface area contributed by atoms with Crippen LogP contribution in [0.25, 0.3) is 0 Å². The topological polar surface area (TPSA) is 78.9 Å². The van der Waals surface area contributed by atoms with Gasteiger partial charge >= 0.3 is 17.9 Å². The molecule has 0 fully saturated rings. The van der Waals surface area contributed by atoms with Crippen LogP contribution in [0.2, 0.25) is 0 Å². The van der Waals surface area contributed by atoms with Gasteiger partial charge < -0.3 is 14.2 Å². The van der Waals surface area contributed by atoms with E-state index in [1.807, 2.05) is 0 Å². The third-order valence-electron chi connectivity index (χ3n) is 12.8. The molecule has 1 atom stereocenters. The van der Waals surface area contributed by atoms with E-state index in [4.69, 9.17) is 14.2 Å². The Morgan fingerprint density at radius 1 is 0.309 bits per heavy atom. The molecule has 0 bridgehead atoms. The fraction of sp³-hybridized carbons (Fsp3) is 0.790. The standard InChI is InChI=1S/C62H110O6/c1-4-7-10-13-16-19-22-24-26-27-28-29-30-31-32-33-34-35-37-38-40-43-46-49-52-55-61(64)67-58-59(57-66-60(63)54-51-48-45-42-21-18-15-12-9-6-3)68-62(65)56-53-50-47-44-41-39-36-25-23-20-17-14-11-8-5-2/h8,11,17,20,25,27-28,36,41,44,59H,4-7,9-10,12-16,18-19,21-24,26,29-35,37-40,42-43,45-58H2,1-3H3/b11-8-,20-17-,28-27-,36-25-,44-41-. The first kappa shape index (κ1) is 65.1. The molecule has 0 aliphatic heterocycles. The van der Waals surface area contributed by atoms with Gasteiger partial charge in [-0.25, -0.2) is 0 Å². The summed E-state index contributed by atoms with van der Waals surface area (Å²) in [4.78, 5) is 38.0. The minimum atomic E-state index is -0.793. The van der Waals surface area contributed by atoms with Crippen molar-refractivity contribution >= 4 is 17.9 Å². The van der Waals surface area contributed by atoms with Crippen molar-refractivity contribution in [3.05, 3.63) is 60.8 Å². The molecule has 0 aliphatic rings. The quantitative estimate of drug-likeness (QED) is 0.0262. The average molecular weight is 952 g/mol. The molecule has 0 aliphatic carbocycles. The third-order valence-corrected chi connectivity index (χ3v) is 12.8. The number of esters is 3. The summed E-state index contributed by atoms with van der Waals surface area (Å²) in [7, 11) is 0. The average Bonchev–Trinajstić information content (AvgIpc) is 3.34. The number of rotatable bonds is 53. The summed E-state index contributed by atoms with van der Waals surface area (Å²) in [6.07, 6.45) is 70.9. The second-order valence-electron chi connectivity index (χ2n) is 19.5. The van der Waals surface area contributed by atoms with Crippen LogP contribution in [0.4, 0.5) is 0 Å². The number of hydrogen-bond donors (Lipinski definition) is 0. The molecule has 6 heteroatoms. The Morgan fingerprint density at radius 2 is 0.574 bits per heavy atom. The molecule has 0 aromatic heterocycles. The van der Waals surface area contributed by atoms with E-state index in [0.29, 0.717) is 19.3 Å². The Bertz CT molecular complexity index is 1230. The van der Waals surface area contributed by atoms with Gasteiger partial charge in [-0.15, -0.1) is 0 Å². The molecule has 0 saturated heterocycles. The molecule has 1 unspecified atom stereocenters. The highest BCUT2D eigenvalue weighted by atomic mass is 16.6. The van der Waals surface area contributed by atoms with E-state index in [1.54, 1.807) is 0 Å². The zero-order valence-corrected chi connectivity index (χ0v) is 45.1. The minimum absolute atomic E-state index is 0.0884. The Morgan fingerprint density at radius 3 is 0.941 bits per heavy atom. The lowest BCUT2D eigenvalue weighted by molar-refractivity contribution is -0.167. The fourth-order valence-corrected chi connectivity index (χ4v) is 8.37. The van der Waals surface area contributed by atoms with Gasteiger partial charge in [0.1, 0.15) is 13.2 Å². The highest BCUT2D eigenvalue weighted by Crippen LogP contribution is 2.16. The van der Waals surface area contributed by atoms with Crippen molar-refractivity contribution in [2.45, 2.75) is 303 Å². The molecule has 0 rings (SSSR count). The molecule has 0 spiro atoms. The smallest absolute Gasteiger partial charge is 0.306 e. The summed E-state index contributed by atoms with van der Waals surface area (Å²) in [5.41, 5.74) is 0. The van der Waals surface area contributed by atoms with Crippen LogP contribution in [0.15, 0.2) is 60.8 Å². The lowest BCUT2D eigenvalue weighted by Gasteiger charge is -2.18. The van der Waals surface area contributed by atoms with E-state index in [9.17, 15) is 14.4 Å². The first-order valence-electron chi connectivity index (χ1n) is 29.3. The Balaban J connectivity index is 4.24. The highest BCUT2D eigenvalue weighted by molar-refractivity contribution is 5.71. The van der Waals surface area contributed by atoms with Crippen LogP contribution in [0.3, 0.4) is 0 Å². The Labute approximate surface area is 421 Å². The van der Waals surface area contributed by atoms with Crippen molar-refractivity contribution in [3.8, 4) is 0 Å².